The monoisotopic (exact) mass is 509 g/mol. The molecule has 1 unspecified atom stereocenters. The summed E-state index contributed by atoms with van der Waals surface area (Å²) in [5, 5.41) is 13.2. The molecule has 3 rings (SSSR count). The second-order valence-electron chi connectivity index (χ2n) is 8.85. The summed E-state index contributed by atoms with van der Waals surface area (Å²) in [6, 6.07) is 11.5. The number of ether oxygens (including phenoxy) is 2. The molecule has 0 radical (unpaired) electrons. The number of carbonyl (C=O) groups is 3. The summed E-state index contributed by atoms with van der Waals surface area (Å²) < 4.78 is 12.7. The van der Waals surface area contributed by atoms with E-state index >= 15 is 0 Å². The van der Waals surface area contributed by atoms with E-state index in [9.17, 15) is 19.5 Å². The van der Waals surface area contributed by atoms with Gasteiger partial charge in [0.2, 0.25) is 0 Å². The Morgan fingerprint density at radius 1 is 1.05 bits per heavy atom. The first-order valence-electron chi connectivity index (χ1n) is 12.4. The van der Waals surface area contributed by atoms with Crippen LogP contribution in [0.25, 0.3) is 10.9 Å². The predicted molar refractivity (Wildman–Crippen MR) is 141 cm³/mol. The molecule has 37 heavy (non-hydrogen) atoms. The van der Waals surface area contributed by atoms with Crippen LogP contribution in [0, 0.1) is 6.92 Å². The number of para-hydroxylation sites is 1. The van der Waals surface area contributed by atoms with E-state index in [4.69, 9.17) is 9.47 Å². The first kappa shape index (κ1) is 27.6. The van der Waals surface area contributed by atoms with Crippen LogP contribution >= 0.6 is 0 Å². The summed E-state index contributed by atoms with van der Waals surface area (Å²) in [5.41, 5.74) is 2.41. The minimum atomic E-state index is -1.08. The molecular weight excluding hydrogens is 474 g/mol. The van der Waals surface area contributed by atoms with Crippen LogP contribution in [-0.4, -0.2) is 53.2 Å². The highest BCUT2D eigenvalue weighted by molar-refractivity contribution is 6.06. The number of aromatic nitrogens is 1. The summed E-state index contributed by atoms with van der Waals surface area (Å²) in [7, 11) is 3.14. The van der Waals surface area contributed by atoms with Crippen molar-refractivity contribution >= 4 is 28.8 Å². The van der Waals surface area contributed by atoms with Crippen molar-refractivity contribution in [3.05, 3.63) is 59.3 Å². The number of benzene rings is 2. The number of unbranched alkanes of at least 4 members (excludes halogenated alkanes) is 1. The fraction of sp³-hybridized carbons (Fsp3) is 0.393. The molecular formula is C28H35N3O6. The Kier molecular flexibility index (Phi) is 9.16. The fourth-order valence-corrected chi connectivity index (χ4v) is 4.55. The van der Waals surface area contributed by atoms with E-state index in [2.05, 4.69) is 12.2 Å². The highest BCUT2D eigenvalue weighted by Gasteiger charge is 2.30. The third-order valence-corrected chi connectivity index (χ3v) is 6.31. The summed E-state index contributed by atoms with van der Waals surface area (Å²) in [4.78, 5) is 39.8. The van der Waals surface area contributed by atoms with Gasteiger partial charge in [0.05, 0.1) is 25.8 Å². The molecule has 1 heterocycles. The lowest BCUT2D eigenvalue weighted by Crippen LogP contribution is -2.45. The maximum Gasteiger partial charge on any atom is 0.324 e. The second kappa shape index (κ2) is 12.3. The van der Waals surface area contributed by atoms with Crippen molar-refractivity contribution in [3.63, 3.8) is 0 Å². The molecule has 3 amide bonds. The molecule has 0 aliphatic carbocycles. The third kappa shape index (κ3) is 6.04. The quantitative estimate of drug-likeness (QED) is 0.370. The van der Waals surface area contributed by atoms with Crippen molar-refractivity contribution in [2.24, 2.45) is 0 Å². The topological polar surface area (TPSA) is 110 Å². The zero-order valence-electron chi connectivity index (χ0n) is 22.0. The van der Waals surface area contributed by atoms with E-state index in [1.165, 1.54) is 4.57 Å². The summed E-state index contributed by atoms with van der Waals surface area (Å²) >= 11 is 0. The first-order valence-corrected chi connectivity index (χ1v) is 12.4. The molecule has 0 spiro atoms. The number of hydrogen-bond donors (Lipinski definition) is 2. The van der Waals surface area contributed by atoms with Crippen LogP contribution < -0.4 is 14.8 Å². The standard InChI is InChI=1S/C28H35N3O6/c1-6-8-12-20(26-23(36-4)14-18(3)15-24(26)37-5)29-28(35)30(7-2)27(34)22-16-19-11-9-10-13-21(19)31(22)17-25(32)33/h9-11,13-16,20H,6-8,12,17H2,1-5H3,(H,29,35)(H,32,33). The van der Waals surface area contributed by atoms with Gasteiger partial charge in [0.25, 0.3) is 5.91 Å². The average molecular weight is 510 g/mol. The molecule has 1 aromatic heterocycles. The molecule has 1 atom stereocenters. The Balaban J connectivity index is 1.99. The molecule has 198 valence electrons. The van der Waals surface area contributed by atoms with Gasteiger partial charge in [-0.05, 0) is 50.1 Å². The molecule has 3 aromatic rings. The maximum absolute atomic E-state index is 13.6. The Bertz CT molecular complexity index is 1260. The summed E-state index contributed by atoms with van der Waals surface area (Å²) in [6.07, 6.45) is 2.36. The van der Waals surface area contributed by atoms with Crippen molar-refractivity contribution in [3.8, 4) is 11.5 Å². The minimum Gasteiger partial charge on any atom is -0.496 e. The van der Waals surface area contributed by atoms with Gasteiger partial charge in [-0.1, -0.05) is 38.0 Å². The van der Waals surface area contributed by atoms with E-state index in [-0.39, 0.29) is 12.2 Å². The second-order valence-corrected chi connectivity index (χ2v) is 8.85. The molecule has 2 aromatic carbocycles. The van der Waals surface area contributed by atoms with Gasteiger partial charge < -0.3 is 24.5 Å². The van der Waals surface area contributed by atoms with Crippen LogP contribution in [-0.2, 0) is 11.3 Å². The largest absolute Gasteiger partial charge is 0.496 e. The van der Waals surface area contributed by atoms with Crippen LogP contribution in [0.1, 0.15) is 60.8 Å². The van der Waals surface area contributed by atoms with Crippen molar-refractivity contribution < 1.29 is 29.0 Å². The number of carboxylic acid groups (broad SMARTS) is 1. The number of methoxy groups -OCH3 is 2. The van der Waals surface area contributed by atoms with Crippen LogP contribution in [0.5, 0.6) is 11.5 Å². The van der Waals surface area contributed by atoms with E-state index in [1.807, 2.05) is 25.1 Å². The van der Waals surface area contributed by atoms with E-state index in [0.717, 1.165) is 28.7 Å². The summed E-state index contributed by atoms with van der Waals surface area (Å²) in [6.45, 7) is 5.40. The van der Waals surface area contributed by atoms with Gasteiger partial charge in [-0.2, -0.15) is 0 Å². The number of urea groups is 1. The lowest BCUT2D eigenvalue weighted by molar-refractivity contribution is -0.137. The molecule has 9 nitrogen and oxygen atoms in total. The van der Waals surface area contributed by atoms with E-state index in [1.54, 1.807) is 45.4 Å². The SMILES string of the molecule is CCCCC(NC(=O)N(CC)C(=O)c1cc2ccccc2n1CC(=O)O)c1c(OC)cc(C)cc1OC. The number of aryl methyl sites for hydroxylation is 1. The Morgan fingerprint density at radius 3 is 2.27 bits per heavy atom. The number of aliphatic carboxylic acids is 1. The van der Waals surface area contributed by atoms with E-state index in [0.29, 0.717) is 29.0 Å². The lowest BCUT2D eigenvalue weighted by atomic mass is 9.97. The molecule has 0 aliphatic rings. The average Bonchev–Trinajstić information content (AvgIpc) is 3.24. The lowest BCUT2D eigenvalue weighted by Gasteiger charge is -2.27. The fourth-order valence-electron chi connectivity index (χ4n) is 4.55. The number of carboxylic acids is 1. The number of carbonyl (C=O) groups excluding carboxylic acids is 2. The Labute approximate surface area is 217 Å². The molecule has 0 saturated heterocycles. The van der Waals surface area contributed by atoms with Crippen LogP contribution in [0.15, 0.2) is 42.5 Å². The Hall–Kier alpha value is -4.01. The van der Waals surface area contributed by atoms with Crippen molar-refractivity contribution in [1.29, 1.82) is 0 Å². The van der Waals surface area contributed by atoms with Crippen molar-refractivity contribution in [2.75, 3.05) is 20.8 Å². The number of amides is 3. The Morgan fingerprint density at radius 2 is 1.70 bits per heavy atom. The molecule has 9 heteroatoms. The maximum atomic E-state index is 13.6. The zero-order chi connectivity index (χ0) is 27.1. The van der Waals surface area contributed by atoms with Crippen molar-refractivity contribution in [1.82, 2.24) is 14.8 Å². The molecule has 0 bridgehead atoms. The molecule has 0 saturated carbocycles. The number of hydrogen-bond acceptors (Lipinski definition) is 5. The van der Waals surface area contributed by atoms with Crippen LogP contribution in [0.4, 0.5) is 4.79 Å². The molecule has 2 N–H and O–H groups in total. The van der Waals surface area contributed by atoms with Crippen LogP contribution in [0.3, 0.4) is 0 Å². The van der Waals surface area contributed by atoms with Gasteiger partial charge in [-0.3, -0.25) is 14.5 Å². The number of imide groups is 1. The van der Waals surface area contributed by atoms with Gasteiger partial charge in [0.15, 0.2) is 0 Å². The molecule has 0 aliphatic heterocycles. The normalized spacial score (nSPS) is 11.7. The van der Waals surface area contributed by atoms with Gasteiger partial charge in [-0.15, -0.1) is 0 Å². The smallest absolute Gasteiger partial charge is 0.324 e. The van der Waals surface area contributed by atoms with E-state index < -0.39 is 30.5 Å². The zero-order valence-corrected chi connectivity index (χ0v) is 22.0. The van der Waals surface area contributed by atoms with Crippen molar-refractivity contribution in [2.45, 2.75) is 52.6 Å². The first-order chi connectivity index (χ1) is 17.7. The van der Waals surface area contributed by atoms with Gasteiger partial charge in [0.1, 0.15) is 23.7 Å². The van der Waals surface area contributed by atoms with Gasteiger partial charge >= 0.3 is 12.0 Å². The highest BCUT2D eigenvalue weighted by Crippen LogP contribution is 2.38. The number of fused-ring (bicyclic) bond motifs is 1. The summed E-state index contributed by atoms with van der Waals surface area (Å²) in [5.74, 6) is -0.473. The van der Waals surface area contributed by atoms with Crippen LogP contribution in [0.2, 0.25) is 0 Å². The van der Waals surface area contributed by atoms with Gasteiger partial charge in [-0.25, -0.2) is 4.79 Å². The van der Waals surface area contributed by atoms with Gasteiger partial charge in [0, 0.05) is 17.4 Å². The predicted octanol–water partition coefficient (Wildman–Crippen LogP) is 5.15. The molecule has 0 fully saturated rings. The number of nitrogens with one attached hydrogen (secondary N) is 1. The minimum absolute atomic E-state index is 0.0991. The highest BCUT2D eigenvalue weighted by atomic mass is 16.5. The third-order valence-electron chi connectivity index (χ3n) is 6.31. The number of nitrogens with zero attached hydrogens (tertiary/aromatic N) is 2. The number of rotatable bonds is 11.